The standard InChI is InChI=1S/C16H7F3N6O/c17-16(18,19)13-3-4-21-15(22-13)8-1-2-11-9(5-8)6-12(26-11)14-10(7-20)23-25-24-14/h1-6H,(H,23,24,25). The van der Waals surface area contributed by atoms with Gasteiger partial charge in [0.25, 0.3) is 0 Å². The number of fused-ring (bicyclic) bond motifs is 1. The minimum atomic E-state index is -4.55. The molecule has 7 nitrogen and oxygen atoms in total. The van der Waals surface area contributed by atoms with Crippen molar-refractivity contribution in [3.05, 3.63) is 47.9 Å². The van der Waals surface area contributed by atoms with Gasteiger partial charge in [-0.3, -0.25) is 0 Å². The molecule has 0 spiro atoms. The molecule has 0 saturated heterocycles. The van der Waals surface area contributed by atoms with E-state index in [4.69, 9.17) is 9.68 Å². The van der Waals surface area contributed by atoms with Crippen molar-refractivity contribution < 1.29 is 17.6 Å². The molecule has 0 unspecified atom stereocenters. The maximum absolute atomic E-state index is 12.8. The van der Waals surface area contributed by atoms with E-state index < -0.39 is 11.9 Å². The summed E-state index contributed by atoms with van der Waals surface area (Å²) in [7, 11) is 0. The van der Waals surface area contributed by atoms with Gasteiger partial charge in [-0.05, 0) is 30.3 Å². The molecule has 0 radical (unpaired) electrons. The number of nitrogens with one attached hydrogen (secondary N) is 1. The van der Waals surface area contributed by atoms with Gasteiger partial charge < -0.3 is 4.42 Å². The molecule has 0 saturated carbocycles. The Labute approximate surface area is 143 Å². The van der Waals surface area contributed by atoms with Crippen LogP contribution in [0.1, 0.15) is 11.4 Å². The minimum Gasteiger partial charge on any atom is -0.454 e. The van der Waals surface area contributed by atoms with E-state index in [0.717, 1.165) is 12.3 Å². The monoisotopic (exact) mass is 356 g/mol. The highest BCUT2D eigenvalue weighted by Crippen LogP contribution is 2.32. The van der Waals surface area contributed by atoms with Gasteiger partial charge in [-0.25, -0.2) is 15.1 Å². The fourth-order valence-electron chi connectivity index (χ4n) is 2.43. The van der Waals surface area contributed by atoms with Crippen LogP contribution in [-0.2, 0) is 6.18 Å². The van der Waals surface area contributed by atoms with Gasteiger partial charge in [-0.15, -0.1) is 5.10 Å². The first-order valence-corrected chi connectivity index (χ1v) is 7.21. The summed E-state index contributed by atoms with van der Waals surface area (Å²) in [5, 5.41) is 19.4. The van der Waals surface area contributed by atoms with E-state index in [2.05, 4.69) is 25.4 Å². The van der Waals surface area contributed by atoms with Gasteiger partial charge >= 0.3 is 6.18 Å². The van der Waals surface area contributed by atoms with Crippen molar-refractivity contribution in [3.63, 3.8) is 0 Å². The predicted octanol–water partition coefficient (Wildman–Crippen LogP) is 3.57. The first-order valence-electron chi connectivity index (χ1n) is 7.21. The number of hydrogen-bond donors (Lipinski definition) is 1. The van der Waals surface area contributed by atoms with Gasteiger partial charge in [-0.1, -0.05) is 5.21 Å². The number of H-pyrrole nitrogens is 1. The number of benzene rings is 1. The van der Waals surface area contributed by atoms with Crippen molar-refractivity contribution in [2.24, 2.45) is 0 Å². The Morgan fingerprint density at radius 3 is 2.77 bits per heavy atom. The molecule has 3 aromatic heterocycles. The number of alkyl halides is 3. The largest absolute Gasteiger partial charge is 0.454 e. The number of hydrogen-bond acceptors (Lipinski definition) is 6. The zero-order valence-corrected chi connectivity index (χ0v) is 12.7. The SMILES string of the molecule is N#Cc1[nH]nnc1-c1cc2cc(-c3nccc(C(F)(F)F)n3)ccc2o1. The Hall–Kier alpha value is -3.74. The number of rotatable bonds is 2. The summed E-state index contributed by atoms with van der Waals surface area (Å²) in [4.78, 5) is 7.47. The van der Waals surface area contributed by atoms with Gasteiger partial charge in [0.15, 0.2) is 23.0 Å². The highest BCUT2D eigenvalue weighted by Gasteiger charge is 2.32. The van der Waals surface area contributed by atoms with Gasteiger partial charge in [-0.2, -0.15) is 18.4 Å². The molecular weight excluding hydrogens is 349 g/mol. The lowest BCUT2D eigenvalue weighted by Gasteiger charge is -2.06. The van der Waals surface area contributed by atoms with Crippen molar-refractivity contribution in [2.45, 2.75) is 6.18 Å². The smallest absolute Gasteiger partial charge is 0.433 e. The molecule has 0 fully saturated rings. The summed E-state index contributed by atoms with van der Waals surface area (Å²) in [5.41, 5.74) is 0.252. The third-order valence-corrected chi connectivity index (χ3v) is 3.61. The van der Waals surface area contributed by atoms with Crippen molar-refractivity contribution in [3.8, 4) is 28.9 Å². The second-order valence-electron chi connectivity index (χ2n) is 5.27. The molecule has 0 aliphatic heterocycles. The van der Waals surface area contributed by atoms with Crippen LogP contribution in [0.2, 0.25) is 0 Å². The maximum Gasteiger partial charge on any atom is 0.433 e. The summed E-state index contributed by atoms with van der Waals surface area (Å²) in [6.07, 6.45) is -3.49. The number of furan rings is 1. The maximum atomic E-state index is 12.8. The lowest BCUT2D eigenvalue weighted by Crippen LogP contribution is -2.08. The molecule has 0 atom stereocenters. The first kappa shape index (κ1) is 15.8. The van der Waals surface area contributed by atoms with Crippen LogP contribution in [0.3, 0.4) is 0 Å². The Morgan fingerprint density at radius 2 is 2.00 bits per heavy atom. The van der Waals surface area contributed by atoms with Crippen LogP contribution in [0, 0.1) is 11.3 Å². The topological polar surface area (TPSA) is 104 Å². The van der Waals surface area contributed by atoms with Crippen LogP contribution in [0.25, 0.3) is 33.8 Å². The Bertz CT molecular complexity index is 1150. The molecule has 1 aromatic carbocycles. The molecule has 0 aliphatic carbocycles. The Morgan fingerprint density at radius 1 is 1.15 bits per heavy atom. The van der Waals surface area contributed by atoms with E-state index in [9.17, 15) is 13.2 Å². The molecule has 0 aliphatic rings. The first-order chi connectivity index (χ1) is 12.5. The van der Waals surface area contributed by atoms with Gasteiger partial charge in [0.2, 0.25) is 0 Å². The van der Waals surface area contributed by atoms with E-state index in [1.807, 2.05) is 6.07 Å². The van der Waals surface area contributed by atoms with Crippen LogP contribution >= 0.6 is 0 Å². The lowest BCUT2D eigenvalue weighted by molar-refractivity contribution is -0.141. The highest BCUT2D eigenvalue weighted by molar-refractivity contribution is 5.86. The molecule has 1 N–H and O–H groups in total. The fourth-order valence-corrected chi connectivity index (χ4v) is 2.43. The predicted molar refractivity (Wildman–Crippen MR) is 82.3 cm³/mol. The molecule has 10 heteroatoms. The van der Waals surface area contributed by atoms with Gasteiger partial charge in [0.05, 0.1) is 0 Å². The highest BCUT2D eigenvalue weighted by atomic mass is 19.4. The molecule has 4 rings (SSSR count). The molecule has 4 aromatic rings. The lowest BCUT2D eigenvalue weighted by atomic mass is 10.1. The third kappa shape index (κ3) is 2.65. The fraction of sp³-hybridized carbons (Fsp3) is 0.0625. The van der Waals surface area contributed by atoms with Crippen molar-refractivity contribution in [2.75, 3.05) is 0 Å². The number of nitrogens with zero attached hydrogens (tertiary/aromatic N) is 5. The van der Waals surface area contributed by atoms with E-state index in [1.54, 1.807) is 24.3 Å². The second-order valence-corrected chi connectivity index (χ2v) is 5.27. The zero-order valence-electron chi connectivity index (χ0n) is 12.7. The summed E-state index contributed by atoms with van der Waals surface area (Å²) < 4.78 is 44.1. The summed E-state index contributed by atoms with van der Waals surface area (Å²) in [6.45, 7) is 0. The second kappa shape index (κ2) is 5.66. The quantitative estimate of drug-likeness (QED) is 0.589. The number of halogens is 3. The minimum absolute atomic E-state index is 0.0522. The van der Waals surface area contributed by atoms with E-state index in [1.165, 1.54) is 0 Å². The number of aromatic amines is 1. The van der Waals surface area contributed by atoms with E-state index in [0.29, 0.717) is 22.3 Å². The van der Waals surface area contributed by atoms with Gasteiger partial charge in [0, 0.05) is 17.1 Å². The van der Waals surface area contributed by atoms with Crippen LogP contribution < -0.4 is 0 Å². The van der Waals surface area contributed by atoms with E-state index >= 15 is 0 Å². The van der Waals surface area contributed by atoms with E-state index in [-0.39, 0.29) is 17.2 Å². The van der Waals surface area contributed by atoms with Crippen molar-refractivity contribution >= 4 is 11.0 Å². The molecule has 0 amide bonds. The van der Waals surface area contributed by atoms with Gasteiger partial charge in [0.1, 0.15) is 17.3 Å². The molecule has 26 heavy (non-hydrogen) atoms. The third-order valence-electron chi connectivity index (χ3n) is 3.61. The normalized spacial score (nSPS) is 11.6. The zero-order chi connectivity index (χ0) is 18.3. The Kier molecular flexibility index (Phi) is 3.43. The Balaban J connectivity index is 1.79. The summed E-state index contributed by atoms with van der Waals surface area (Å²) in [6, 6.07) is 9.08. The average molecular weight is 356 g/mol. The summed E-state index contributed by atoms with van der Waals surface area (Å²) in [5.74, 6) is 0.260. The van der Waals surface area contributed by atoms with Crippen LogP contribution in [0.4, 0.5) is 13.2 Å². The average Bonchev–Trinajstić information content (AvgIpc) is 3.26. The van der Waals surface area contributed by atoms with Crippen LogP contribution in [-0.4, -0.2) is 25.4 Å². The molecule has 0 bridgehead atoms. The van der Waals surface area contributed by atoms with Crippen molar-refractivity contribution in [1.29, 1.82) is 5.26 Å². The molecule has 128 valence electrons. The number of nitriles is 1. The summed E-state index contributed by atoms with van der Waals surface area (Å²) >= 11 is 0. The van der Waals surface area contributed by atoms with Crippen molar-refractivity contribution in [1.82, 2.24) is 25.4 Å². The molecular formula is C16H7F3N6O. The van der Waals surface area contributed by atoms with Crippen LogP contribution in [0.5, 0.6) is 0 Å². The van der Waals surface area contributed by atoms with Crippen LogP contribution in [0.15, 0.2) is 40.9 Å². The number of aromatic nitrogens is 5. The molecule has 3 heterocycles.